The maximum Gasteiger partial charge on any atom is 0.337 e. The molecule has 0 spiro atoms. The Balaban J connectivity index is 2.94. The Morgan fingerprint density at radius 3 is 2.62 bits per heavy atom. The van der Waals surface area contributed by atoms with Crippen LogP contribution < -0.4 is 5.32 Å². The molecule has 0 aromatic heterocycles. The minimum atomic E-state index is -1.07. The molecular weight excluding hydrogens is 272 g/mol. The lowest BCUT2D eigenvalue weighted by molar-refractivity contribution is 0.0698. The van der Waals surface area contributed by atoms with Gasteiger partial charge in [0.05, 0.1) is 23.9 Å². The summed E-state index contributed by atoms with van der Waals surface area (Å²) >= 11 is 0. The van der Waals surface area contributed by atoms with Crippen molar-refractivity contribution in [3.05, 3.63) is 29.3 Å². The van der Waals surface area contributed by atoms with E-state index in [0.29, 0.717) is 18.8 Å². The molecule has 6 heteroatoms. The summed E-state index contributed by atoms with van der Waals surface area (Å²) in [5.41, 5.74) is 1.20. The van der Waals surface area contributed by atoms with E-state index >= 15 is 0 Å². The van der Waals surface area contributed by atoms with Crippen LogP contribution in [0.1, 0.15) is 29.8 Å². The molecule has 0 aliphatic rings. The SMILES string of the molecule is CCN(C(=O)Nc1ccc(C)cc1C(=O)O)C(C)COC. The molecule has 0 saturated heterocycles. The second-order valence-corrected chi connectivity index (χ2v) is 4.87. The van der Waals surface area contributed by atoms with Crippen molar-refractivity contribution in [1.82, 2.24) is 4.90 Å². The fourth-order valence-electron chi connectivity index (χ4n) is 2.12. The number of likely N-dealkylation sites (N-methyl/N-ethyl adjacent to an activating group) is 1. The van der Waals surface area contributed by atoms with Gasteiger partial charge in [0, 0.05) is 13.7 Å². The number of carbonyl (C=O) groups excluding carboxylic acids is 1. The van der Waals surface area contributed by atoms with Crippen molar-refractivity contribution in [2.45, 2.75) is 26.8 Å². The first-order valence-corrected chi connectivity index (χ1v) is 6.81. The molecule has 0 saturated carbocycles. The van der Waals surface area contributed by atoms with E-state index in [1.807, 2.05) is 13.8 Å². The van der Waals surface area contributed by atoms with Crippen molar-refractivity contribution in [2.24, 2.45) is 0 Å². The van der Waals surface area contributed by atoms with E-state index in [0.717, 1.165) is 5.56 Å². The number of ether oxygens (including phenoxy) is 1. The molecule has 2 N–H and O–H groups in total. The van der Waals surface area contributed by atoms with Crippen LogP contribution in [0.5, 0.6) is 0 Å². The molecule has 0 aliphatic heterocycles. The number of rotatable bonds is 6. The van der Waals surface area contributed by atoms with E-state index in [1.165, 1.54) is 6.07 Å². The van der Waals surface area contributed by atoms with Gasteiger partial charge in [-0.15, -0.1) is 0 Å². The van der Waals surface area contributed by atoms with E-state index in [1.54, 1.807) is 31.1 Å². The Hall–Kier alpha value is -2.08. The highest BCUT2D eigenvalue weighted by Gasteiger charge is 2.20. The van der Waals surface area contributed by atoms with Crippen LogP contribution >= 0.6 is 0 Å². The summed E-state index contributed by atoms with van der Waals surface area (Å²) in [6, 6.07) is 4.46. The number of aromatic carboxylic acids is 1. The van der Waals surface area contributed by atoms with Gasteiger partial charge < -0.3 is 20.1 Å². The number of carboxylic acid groups (broad SMARTS) is 1. The zero-order valence-electron chi connectivity index (χ0n) is 12.8. The second kappa shape index (κ2) is 7.64. The molecule has 1 rings (SSSR count). The predicted molar refractivity (Wildman–Crippen MR) is 80.9 cm³/mol. The minimum absolute atomic E-state index is 0.0822. The standard InChI is InChI=1S/C15H22N2O4/c1-5-17(11(3)9-21-4)15(20)16-13-7-6-10(2)8-12(13)14(18)19/h6-8,11H,5,9H2,1-4H3,(H,16,20)(H,18,19). The molecular formula is C15H22N2O4. The van der Waals surface area contributed by atoms with Crippen LogP contribution in [-0.2, 0) is 4.74 Å². The van der Waals surface area contributed by atoms with Gasteiger partial charge >= 0.3 is 12.0 Å². The zero-order chi connectivity index (χ0) is 16.0. The third-order valence-electron chi connectivity index (χ3n) is 3.19. The van der Waals surface area contributed by atoms with Gasteiger partial charge in [-0.2, -0.15) is 0 Å². The molecule has 1 aromatic carbocycles. The molecule has 0 aliphatic carbocycles. The molecule has 0 radical (unpaired) electrons. The van der Waals surface area contributed by atoms with Gasteiger partial charge in [-0.3, -0.25) is 0 Å². The van der Waals surface area contributed by atoms with Crippen molar-refractivity contribution in [1.29, 1.82) is 0 Å². The summed E-state index contributed by atoms with van der Waals surface area (Å²) in [5.74, 6) is -1.07. The maximum atomic E-state index is 12.3. The number of methoxy groups -OCH3 is 1. The number of hydrogen-bond donors (Lipinski definition) is 2. The summed E-state index contributed by atoms with van der Waals surface area (Å²) < 4.78 is 5.05. The highest BCUT2D eigenvalue weighted by Crippen LogP contribution is 2.18. The maximum absolute atomic E-state index is 12.3. The van der Waals surface area contributed by atoms with Crippen LogP contribution in [0.25, 0.3) is 0 Å². The van der Waals surface area contributed by atoms with E-state index in [-0.39, 0.29) is 17.6 Å². The topological polar surface area (TPSA) is 78.9 Å². The van der Waals surface area contributed by atoms with Crippen molar-refractivity contribution >= 4 is 17.7 Å². The quantitative estimate of drug-likeness (QED) is 0.845. The van der Waals surface area contributed by atoms with Crippen LogP contribution in [0, 0.1) is 6.92 Å². The highest BCUT2D eigenvalue weighted by atomic mass is 16.5. The van der Waals surface area contributed by atoms with E-state index in [9.17, 15) is 14.7 Å². The molecule has 0 heterocycles. The average Bonchev–Trinajstić information content (AvgIpc) is 2.41. The Morgan fingerprint density at radius 2 is 2.10 bits per heavy atom. The third kappa shape index (κ3) is 4.46. The lowest BCUT2D eigenvalue weighted by atomic mass is 10.1. The fraction of sp³-hybridized carbons (Fsp3) is 0.467. The molecule has 21 heavy (non-hydrogen) atoms. The Morgan fingerprint density at radius 1 is 1.43 bits per heavy atom. The van der Waals surface area contributed by atoms with Crippen molar-refractivity contribution < 1.29 is 19.4 Å². The number of hydrogen-bond acceptors (Lipinski definition) is 3. The summed E-state index contributed by atoms with van der Waals surface area (Å²) in [6.45, 7) is 6.46. The van der Waals surface area contributed by atoms with Gasteiger partial charge in [0.1, 0.15) is 0 Å². The number of nitrogens with one attached hydrogen (secondary N) is 1. The van der Waals surface area contributed by atoms with Gasteiger partial charge in [0.15, 0.2) is 0 Å². The summed E-state index contributed by atoms with van der Waals surface area (Å²) in [5, 5.41) is 11.9. The highest BCUT2D eigenvalue weighted by molar-refractivity contribution is 6.00. The second-order valence-electron chi connectivity index (χ2n) is 4.87. The number of carboxylic acids is 1. The number of nitrogens with zero attached hydrogens (tertiary/aromatic N) is 1. The molecule has 0 bridgehead atoms. The number of carbonyl (C=O) groups is 2. The summed E-state index contributed by atoms with van der Waals surface area (Å²) in [7, 11) is 1.57. The van der Waals surface area contributed by atoms with E-state index in [2.05, 4.69) is 5.32 Å². The predicted octanol–water partition coefficient (Wildman–Crippen LogP) is 2.58. The number of urea groups is 1. The lowest BCUT2D eigenvalue weighted by Gasteiger charge is -2.28. The van der Waals surface area contributed by atoms with Crippen LogP contribution in [0.15, 0.2) is 18.2 Å². The number of anilines is 1. The average molecular weight is 294 g/mol. The smallest absolute Gasteiger partial charge is 0.337 e. The third-order valence-corrected chi connectivity index (χ3v) is 3.19. The first-order chi connectivity index (χ1) is 9.90. The van der Waals surface area contributed by atoms with Gasteiger partial charge in [-0.25, -0.2) is 9.59 Å². The molecule has 1 aromatic rings. The first-order valence-electron chi connectivity index (χ1n) is 6.81. The molecule has 1 unspecified atom stereocenters. The normalized spacial score (nSPS) is 11.8. The number of aryl methyl sites for hydroxylation is 1. The minimum Gasteiger partial charge on any atom is -0.478 e. The lowest BCUT2D eigenvalue weighted by Crippen LogP contribution is -2.43. The molecule has 116 valence electrons. The molecule has 0 fully saturated rings. The monoisotopic (exact) mass is 294 g/mol. The number of amides is 2. The first kappa shape index (κ1) is 17.0. The molecule has 6 nitrogen and oxygen atoms in total. The van der Waals surface area contributed by atoms with Gasteiger partial charge in [-0.1, -0.05) is 11.6 Å². The molecule has 2 amide bonds. The largest absolute Gasteiger partial charge is 0.478 e. The van der Waals surface area contributed by atoms with Gasteiger partial charge in [0.2, 0.25) is 0 Å². The van der Waals surface area contributed by atoms with Crippen molar-refractivity contribution in [3.8, 4) is 0 Å². The summed E-state index contributed by atoms with van der Waals surface area (Å²) in [6.07, 6.45) is 0. The van der Waals surface area contributed by atoms with Crippen LogP contribution in [-0.4, -0.2) is 48.3 Å². The Labute approximate surface area is 124 Å². The Kier molecular flexibility index (Phi) is 6.17. The van der Waals surface area contributed by atoms with Crippen molar-refractivity contribution in [2.75, 3.05) is 25.6 Å². The van der Waals surface area contributed by atoms with Crippen LogP contribution in [0.4, 0.5) is 10.5 Å². The fourth-order valence-corrected chi connectivity index (χ4v) is 2.12. The number of benzene rings is 1. The van der Waals surface area contributed by atoms with Crippen LogP contribution in [0.3, 0.4) is 0 Å². The van der Waals surface area contributed by atoms with E-state index < -0.39 is 5.97 Å². The van der Waals surface area contributed by atoms with Gasteiger partial charge in [0.25, 0.3) is 0 Å². The zero-order valence-corrected chi connectivity index (χ0v) is 12.8. The van der Waals surface area contributed by atoms with Crippen molar-refractivity contribution in [3.63, 3.8) is 0 Å². The summed E-state index contributed by atoms with van der Waals surface area (Å²) in [4.78, 5) is 25.1. The Bertz CT molecular complexity index is 516. The van der Waals surface area contributed by atoms with E-state index in [4.69, 9.17) is 4.74 Å². The van der Waals surface area contributed by atoms with Gasteiger partial charge in [-0.05, 0) is 32.9 Å². The molecule has 1 atom stereocenters. The van der Waals surface area contributed by atoms with Crippen LogP contribution in [0.2, 0.25) is 0 Å².